The number of aromatic amines is 1. The van der Waals surface area contributed by atoms with Crippen LogP contribution in [0.3, 0.4) is 0 Å². The fourth-order valence-electron chi connectivity index (χ4n) is 2.42. The number of benzene rings is 2. The highest BCUT2D eigenvalue weighted by atomic mass is 35.5. The molecule has 118 valence electrons. The van der Waals surface area contributed by atoms with Gasteiger partial charge >= 0.3 is 0 Å². The minimum atomic E-state index is -0.131. The number of rotatable bonds is 4. The van der Waals surface area contributed by atoms with Crippen LogP contribution in [0.15, 0.2) is 48.5 Å². The Balaban J connectivity index is 1.68. The van der Waals surface area contributed by atoms with E-state index in [0.29, 0.717) is 17.3 Å². The van der Waals surface area contributed by atoms with E-state index in [1.54, 1.807) is 6.07 Å². The Morgan fingerprint density at radius 1 is 1.13 bits per heavy atom. The van der Waals surface area contributed by atoms with Gasteiger partial charge in [-0.05, 0) is 42.0 Å². The Hall–Kier alpha value is -2.46. The number of nitrogens with zero attached hydrogens (tertiary/aromatic N) is 1. The van der Waals surface area contributed by atoms with E-state index in [2.05, 4.69) is 10.3 Å². The lowest BCUT2D eigenvalue weighted by Crippen LogP contribution is -2.23. The molecule has 0 spiro atoms. The van der Waals surface area contributed by atoms with Crippen molar-refractivity contribution in [1.29, 1.82) is 0 Å². The molecule has 0 aliphatic rings. The van der Waals surface area contributed by atoms with Crippen LogP contribution in [0.25, 0.3) is 10.9 Å². The maximum atomic E-state index is 12.3. The van der Waals surface area contributed by atoms with Crippen molar-refractivity contribution in [1.82, 2.24) is 10.3 Å². The second-order valence-electron chi connectivity index (χ2n) is 5.66. The molecule has 0 bridgehead atoms. The smallest absolute Gasteiger partial charge is 0.267 e. The van der Waals surface area contributed by atoms with E-state index in [4.69, 9.17) is 11.6 Å². The second kappa shape index (κ2) is 6.34. The molecule has 0 fully saturated rings. The predicted octanol–water partition coefficient (Wildman–Crippen LogP) is 3.82. The minimum Gasteiger partial charge on any atom is -0.378 e. The van der Waals surface area contributed by atoms with Crippen molar-refractivity contribution in [2.45, 2.75) is 6.54 Å². The highest BCUT2D eigenvalue weighted by molar-refractivity contribution is 6.31. The Labute approximate surface area is 140 Å². The third-order valence-corrected chi connectivity index (χ3v) is 3.97. The third-order valence-electron chi connectivity index (χ3n) is 3.73. The lowest BCUT2D eigenvalue weighted by molar-refractivity contribution is 0.0947. The summed E-state index contributed by atoms with van der Waals surface area (Å²) in [5, 5.41) is 4.51. The number of aromatic nitrogens is 1. The number of hydrogen-bond donors (Lipinski definition) is 2. The molecule has 0 aliphatic heterocycles. The topological polar surface area (TPSA) is 48.1 Å². The molecule has 0 unspecified atom stereocenters. The summed E-state index contributed by atoms with van der Waals surface area (Å²) >= 11 is 5.97. The van der Waals surface area contributed by atoms with Crippen molar-refractivity contribution < 1.29 is 4.79 Å². The first-order chi connectivity index (χ1) is 11.0. The molecule has 0 saturated carbocycles. The Morgan fingerprint density at radius 2 is 1.87 bits per heavy atom. The maximum absolute atomic E-state index is 12.3. The van der Waals surface area contributed by atoms with Gasteiger partial charge in [0.1, 0.15) is 5.69 Å². The van der Waals surface area contributed by atoms with Gasteiger partial charge in [-0.2, -0.15) is 0 Å². The molecule has 0 atom stereocenters. The first-order valence-electron chi connectivity index (χ1n) is 7.35. The highest BCUT2D eigenvalue weighted by Crippen LogP contribution is 2.20. The van der Waals surface area contributed by atoms with Crippen LogP contribution in [0.1, 0.15) is 16.1 Å². The monoisotopic (exact) mass is 327 g/mol. The van der Waals surface area contributed by atoms with E-state index in [1.807, 2.05) is 61.5 Å². The van der Waals surface area contributed by atoms with Gasteiger partial charge in [-0.15, -0.1) is 0 Å². The molecule has 3 aromatic rings. The summed E-state index contributed by atoms with van der Waals surface area (Å²) in [5.74, 6) is -0.131. The van der Waals surface area contributed by atoms with Crippen LogP contribution < -0.4 is 10.2 Å². The molecular weight excluding hydrogens is 310 g/mol. The van der Waals surface area contributed by atoms with Crippen LogP contribution in [-0.2, 0) is 6.54 Å². The fraction of sp³-hybridized carbons (Fsp3) is 0.167. The molecule has 0 saturated heterocycles. The molecule has 2 N–H and O–H groups in total. The number of carbonyl (C=O) groups excluding carboxylic acids is 1. The Morgan fingerprint density at radius 3 is 2.57 bits per heavy atom. The van der Waals surface area contributed by atoms with Gasteiger partial charge in [0.2, 0.25) is 0 Å². The summed E-state index contributed by atoms with van der Waals surface area (Å²) in [6.45, 7) is 0.489. The first-order valence-corrected chi connectivity index (χ1v) is 7.73. The van der Waals surface area contributed by atoms with Crippen molar-refractivity contribution >= 4 is 34.1 Å². The van der Waals surface area contributed by atoms with Gasteiger partial charge in [-0.1, -0.05) is 23.7 Å². The molecular formula is C18H18ClN3O. The van der Waals surface area contributed by atoms with E-state index >= 15 is 0 Å². The van der Waals surface area contributed by atoms with E-state index in [1.165, 1.54) is 0 Å². The van der Waals surface area contributed by atoms with Crippen molar-refractivity contribution in [3.8, 4) is 0 Å². The number of anilines is 1. The van der Waals surface area contributed by atoms with Gasteiger partial charge in [0, 0.05) is 42.3 Å². The summed E-state index contributed by atoms with van der Waals surface area (Å²) in [4.78, 5) is 17.4. The SMILES string of the molecule is CN(C)c1ccc(CNC(=O)c2cc3cc(Cl)ccc3[nH]2)cc1. The highest BCUT2D eigenvalue weighted by Gasteiger charge is 2.09. The maximum Gasteiger partial charge on any atom is 0.267 e. The zero-order valence-corrected chi connectivity index (χ0v) is 13.8. The number of H-pyrrole nitrogens is 1. The number of halogens is 1. The summed E-state index contributed by atoms with van der Waals surface area (Å²) < 4.78 is 0. The van der Waals surface area contributed by atoms with Crippen LogP contribution in [0.5, 0.6) is 0 Å². The van der Waals surface area contributed by atoms with Crippen molar-refractivity contribution in [3.63, 3.8) is 0 Å². The minimum absolute atomic E-state index is 0.131. The summed E-state index contributed by atoms with van der Waals surface area (Å²) in [6.07, 6.45) is 0. The molecule has 1 aromatic heterocycles. The predicted molar refractivity (Wildman–Crippen MR) is 95.2 cm³/mol. The van der Waals surface area contributed by atoms with Crippen molar-refractivity contribution in [2.75, 3.05) is 19.0 Å². The molecule has 3 rings (SSSR count). The fourth-order valence-corrected chi connectivity index (χ4v) is 2.60. The zero-order chi connectivity index (χ0) is 16.4. The van der Waals surface area contributed by atoms with Crippen molar-refractivity contribution in [3.05, 3.63) is 64.8 Å². The quantitative estimate of drug-likeness (QED) is 0.765. The van der Waals surface area contributed by atoms with Crippen LogP contribution in [-0.4, -0.2) is 25.0 Å². The summed E-state index contributed by atoms with van der Waals surface area (Å²) in [5.41, 5.74) is 3.62. The number of hydrogen-bond acceptors (Lipinski definition) is 2. The Kier molecular flexibility index (Phi) is 4.26. The summed E-state index contributed by atoms with van der Waals surface area (Å²) in [7, 11) is 4.00. The van der Waals surface area contributed by atoms with Gasteiger partial charge in [-0.25, -0.2) is 0 Å². The standard InChI is InChI=1S/C18H18ClN3O/c1-22(2)15-6-3-12(4-7-15)11-20-18(23)17-10-13-9-14(19)5-8-16(13)21-17/h3-10,21H,11H2,1-2H3,(H,20,23). The number of nitrogens with one attached hydrogen (secondary N) is 2. The van der Waals surface area contributed by atoms with Gasteiger partial charge in [0.05, 0.1) is 0 Å². The summed E-state index contributed by atoms with van der Waals surface area (Å²) in [6, 6.07) is 15.4. The molecule has 23 heavy (non-hydrogen) atoms. The van der Waals surface area contributed by atoms with Crippen LogP contribution in [0.4, 0.5) is 5.69 Å². The molecule has 0 radical (unpaired) electrons. The lowest BCUT2D eigenvalue weighted by atomic mass is 10.2. The van der Waals surface area contributed by atoms with E-state index in [-0.39, 0.29) is 5.91 Å². The average molecular weight is 328 g/mol. The lowest BCUT2D eigenvalue weighted by Gasteiger charge is -2.12. The molecule has 0 aliphatic carbocycles. The second-order valence-corrected chi connectivity index (χ2v) is 6.09. The molecule has 4 nitrogen and oxygen atoms in total. The zero-order valence-electron chi connectivity index (χ0n) is 13.1. The van der Waals surface area contributed by atoms with Crippen LogP contribution in [0.2, 0.25) is 5.02 Å². The van der Waals surface area contributed by atoms with Gasteiger partial charge in [-0.3, -0.25) is 4.79 Å². The van der Waals surface area contributed by atoms with E-state index < -0.39 is 0 Å². The number of carbonyl (C=O) groups is 1. The first kappa shape index (κ1) is 15.4. The van der Waals surface area contributed by atoms with Crippen molar-refractivity contribution in [2.24, 2.45) is 0 Å². The van der Waals surface area contributed by atoms with E-state index in [0.717, 1.165) is 22.2 Å². The van der Waals surface area contributed by atoms with E-state index in [9.17, 15) is 4.79 Å². The van der Waals surface area contributed by atoms with Crippen LogP contribution in [0, 0.1) is 0 Å². The largest absolute Gasteiger partial charge is 0.378 e. The van der Waals surface area contributed by atoms with Gasteiger partial charge in [0.25, 0.3) is 5.91 Å². The molecule has 1 heterocycles. The molecule has 1 amide bonds. The van der Waals surface area contributed by atoms with Crippen LogP contribution >= 0.6 is 11.6 Å². The normalized spacial score (nSPS) is 10.7. The third kappa shape index (κ3) is 3.48. The molecule has 2 aromatic carbocycles. The average Bonchev–Trinajstić information content (AvgIpc) is 2.96. The number of amides is 1. The molecule has 5 heteroatoms. The Bertz CT molecular complexity index is 837. The van der Waals surface area contributed by atoms with Gasteiger partial charge < -0.3 is 15.2 Å². The number of fused-ring (bicyclic) bond motifs is 1. The van der Waals surface area contributed by atoms with Gasteiger partial charge in [0.15, 0.2) is 0 Å².